The van der Waals surface area contributed by atoms with E-state index in [2.05, 4.69) is 4.99 Å². The summed E-state index contributed by atoms with van der Waals surface area (Å²) in [6, 6.07) is 5.28. The van der Waals surface area contributed by atoms with Gasteiger partial charge in [0.15, 0.2) is 11.9 Å². The molecule has 2 aliphatic rings. The number of aliphatic imine (C=N–C) groups is 1. The molecule has 0 aliphatic carbocycles. The van der Waals surface area contributed by atoms with Crippen LogP contribution >= 0.6 is 0 Å². The summed E-state index contributed by atoms with van der Waals surface area (Å²) in [5, 5.41) is 9.45. The molecular weight excluding hydrogens is 256 g/mol. The van der Waals surface area contributed by atoms with Crippen LogP contribution in [0.5, 0.6) is 0 Å². The van der Waals surface area contributed by atoms with Gasteiger partial charge >= 0.3 is 0 Å². The standard InChI is InChI=1S/C11H10N2O4S/c1-6(14)9-11(15)13-10(12-9)7-4-2-3-5-8(7)18(13,16)17/h2-6,9,14H,1H3. The zero-order valence-electron chi connectivity index (χ0n) is 9.44. The van der Waals surface area contributed by atoms with Gasteiger partial charge in [0, 0.05) is 5.56 Å². The maximum absolute atomic E-state index is 12.2. The van der Waals surface area contributed by atoms with Crippen molar-refractivity contribution in [3.63, 3.8) is 0 Å². The molecule has 94 valence electrons. The zero-order valence-corrected chi connectivity index (χ0v) is 10.3. The number of rotatable bonds is 1. The Morgan fingerprint density at radius 3 is 2.72 bits per heavy atom. The molecule has 0 bridgehead atoms. The van der Waals surface area contributed by atoms with Crippen molar-refractivity contribution in [3.05, 3.63) is 29.8 Å². The van der Waals surface area contributed by atoms with Crippen LogP contribution in [-0.4, -0.2) is 41.7 Å². The van der Waals surface area contributed by atoms with E-state index in [9.17, 15) is 18.3 Å². The molecule has 2 heterocycles. The first-order valence-corrected chi connectivity index (χ1v) is 6.83. The molecule has 2 atom stereocenters. The Morgan fingerprint density at radius 2 is 2.06 bits per heavy atom. The molecule has 0 fully saturated rings. The van der Waals surface area contributed by atoms with Gasteiger partial charge < -0.3 is 5.11 Å². The van der Waals surface area contributed by atoms with Crippen molar-refractivity contribution < 1.29 is 18.3 Å². The van der Waals surface area contributed by atoms with Gasteiger partial charge in [-0.1, -0.05) is 12.1 Å². The monoisotopic (exact) mass is 266 g/mol. The van der Waals surface area contributed by atoms with Crippen LogP contribution < -0.4 is 0 Å². The number of nitrogens with zero attached hydrogens (tertiary/aromatic N) is 2. The van der Waals surface area contributed by atoms with E-state index in [1.165, 1.54) is 13.0 Å². The molecule has 0 saturated heterocycles. The zero-order chi connectivity index (χ0) is 13.1. The van der Waals surface area contributed by atoms with Gasteiger partial charge in [-0.3, -0.25) is 9.79 Å². The number of fused-ring (bicyclic) bond motifs is 3. The summed E-state index contributed by atoms with van der Waals surface area (Å²) in [6.07, 6.45) is -1.02. The van der Waals surface area contributed by atoms with Crippen LogP contribution in [0.4, 0.5) is 0 Å². The van der Waals surface area contributed by atoms with Crippen molar-refractivity contribution in [1.29, 1.82) is 0 Å². The lowest BCUT2D eigenvalue weighted by molar-refractivity contribution is -0.125. The van der Waals surface area contributed by atoms with Gasteiger partial charge in [0.2, 0.25) is 0 Å². The second-order valence-corrected chi connectivity index (χ2v) is 6.00. The number of sulfonamides is 1. The molecule has 3 rings (SSSR count). The van der Waals surface area contributed by atoms with Crippen LogP contribution in [0.3, 0.4) is 0 Å². The number of amides is 1. The number of aliphatic hydroxyl groups excluding tert-OH is 1. The summed E-state index contributed by atoms with van der Waals surface area (Å²) < 4.78 is 25.1. The summed E-state index contributed by atoms with van der Waals surface area (Å²) >= 11 is 0. The molecule has 18 heavy (non-hydrogen) atoms. The van der Waals surface area contributed by atoms with Crippen LogP contribution in [-0.2, 0) is 14.8 Å². The summed E-state index contributed by atoms with van der Waals surface area (Å²) in [4.78, 5) is 16.1. The van der Waals surface area contributed by atoms with Crippen LogP contribution in [0.25, 0.3) is 0 Å². The predicted molar refractivity (Wildman–Crippen MR) is 62.5 cm³/mol. The minimum atomic E-state index is -3.86. The lowest BCUT2D eigenvalue weighted by atomic mass is 10.2. The van der Waals surface area contributed by atoms with E-state index in [4.69, 9.17) is 0 Å². The van der Waals surface area contributed by atoms with E-state index < -0.39 is 28.1 Å². The van der Waals surface area contributed by atoms with Gasteiger partial charge in [-0.15, -0.1) is 0 Å². The molecule has 0 spiro atoms. The Morgan fingerprint density at radius 1 is 1.39 bits per heavy atom. The SMILES string of the molecule is CC(O)C1N=C2c3ccccc3S(=O)(=O)N2C1=O. The Balaban J connectivity index is 2.26. The van der Waals surface area contributed by atoms with Crippen molar-refractivity contribution in [2.75, 3.05) is 0 Å². The number of carbonyl (C=O) groups excluding carboxylic acids is 1. The smallest absolute Gasteiger partial charge is 0.272 e. The van der Waals surface area contributed by atoms with Crippen LogP contribution in [0.15, 0.2) is 34.2 Å². The molecule has 0 radical (unpaired) electrons. The second kappa shape index (κ2) is 3.39. The number of carbonyl (C=O) groups is 1. The normalized spacial score (nSPS) is 25.7. The number of hydrogen-bond acceptors (Lipinski definition) is 5. The second-order valence-electron chi connectivity index (χ2n) is 4.24. The third-order valence-corrected chi connectivity index (χ3v) is 4.76. The molecular formula is C11H10N2O4S. The molecule has 0 aromatic heterocycles. The Kier molecular flexibility index (Phi) is 2.14. The highest BCUT2D eigenvalue weighted by Crippen LogP contribution is 2.35. The van der Waals surface area contributed by atoms with Gasteiger partial charge in [0.05, 0.1) is 11.0 Å². The Labute approximate surface area is 104 Å². The molecule has 1 aromatic carbocycles. The lowest BCUT2D eigenvalue weighted by Crippen LogP contribution is -2.39. The first-order valence-electron chi connectivity index (χ1n) is 5.39. The van der Waals surface area contributed by atoms with E-state index in [-0.39, 0.29) is 10.7 Å². The number of aliphatic hydroxyl groups is 1. The topological polar surface area (TPSA) is 87.0 Å². The quantitative estimate of drug-likeness (QED) is 0.757. The van der Waals surface area contributed by atoms with Gasteiger partial charge in [0.1, 0.15) is 0 Å². The lowest BCUT2D eigenvalue weighted by Gasteiger charge is -2.13. The maximum Gasteiger partial charge on any atom is 0.272 e. The van der Waals surface area contributed by atoms with Crippen LogP contribution in [0, 0.1) is 0 Å². The summed E-state index contributed by atoms with van der Waals surface area (Å²) in [6.45, 7) is 1.41. The van der Waals surface area contributed by atoms with E-state index in [0.29, 0.717) is 9.87 Å². The van der Waals surface area contributed by atoms with Crippen molar-refractivity contribution in [2.24, 2.45) is 4.99 Å². The highest BCUT2D eigenvalue weighted by atomic mass is 32.2. The minimum Gasteiger partial charge on any atom is -0.391 e. The first kappa shape index (κ1) is 11.4. The largest absolute Gasteiger partial charge is 0.391 e. The Hall–Kier alpha value is -1.73. The van der Waals surface area contributed by atoms with Crippen molar-refractivity contribution in [2.45, 2.75) is 24.0 Å². The summed E-state index contributed by atoms with van der Waals surface area (Å²) in [7, 11) is -3.86. The van der Waals surface area contributed by atoms with Crippen LogP contribution in [0.1, 0.15) is 12.5 Å². The van der Waals surface area contributed by atoms with Gasteiger partial charge in [0.25, 0.3) is 15.9 Å². The minimum absolute atomic E-state index is 0.0844. The number of benzene rings is 1. The van der Waals surface area contributed by atoms with Gasteiger partial charge in [-0.25, -0.2) is 8.42 Å². The highest BCUT2D eigenvalue weighted by Gasteiger charge is 2.50. The average molecular weight is 266 g/mol. The summed E-state index contributed by atoms with van der Waals surface area (Å²) in [5.74, 6) is -0.585. The van der Waals surface area contributed by atoms with E-state index in [0.717, 1.165) is 0 Å². The van der Waals surface area contributed by atoms with Gasteiger partial charge in [-0.05, 0) is 19.1 Å². The van der Waals surface area contributed by atoms with Crippen molar-refractivity contribution >= 4 is 21.8 Å². The fourth-order valence-corrected chi connectivity index (χ4v) is 3.77. The fourth-order valence-electron chi connectivity index (χ4n) is 2.16. The number of hydrogen-bond donors (Lipinski definition) is 1. The van der Waals surface area contributed by atoms with Crippen LogP contribution in [0.2, 0.25) is 0 Å². The van der Waals surface area contributed by atoms with Gasteiger partial charge in [-0.2, -0.15) is 4.31 Å². The molecule has 0 saturated carbocycles. The van der Waals surface area contributed by atoms with E-state index in [1.54, 1.807) is 18.2 Å². The average Bonchev–Trinajstić information content (AvgIpc) is 2.77. The van der Waals surface area contributed by atoms with Crippen molar-refractivity contribution in [3.8, 4) is 0 Å². The molecule has 6 nitrogen and oxygen atoms in total. The molecule has 1 N–H and O–H groups in total. The molecule has 1 aromatic rings. The summed E-state index contributed by atoms with van der Waals surface area (Å²) in [5.41, 5.74) is 0.411. The van der Waals surface area contributed by atoms with Crippen molar-refractivity contribution in [1.82, 2.24) is 4.31 Å². The molecule has 2 unspecified atom stereocenters. The molecule has 2 aliphatic heterocycles. The number of amidine groups is 1. The maximum atomic E-state index is 12.2. The molecule has 1 amide bonds. The highest BCUT2D eigenvalue weighted by molar-refractivity contribution is 7.91. The molecule has 7 heteroatoms. The van der Waals surface area contributed by atoms with E-state index >= 15 is 0 Å². The first-order chi connectivity index (χ1) is 8.44. The Bertz CT molecular complexity index is 678. The van der Waals surface area contributed by atoms with E-state index in [1.807, 2.05) is 0 Å². The third-order valence-electron chi connectivity index (χ3n) is 3.01. The third kappa shape index (κ3) is 1.23. The fraction of sp³-hybridized carbons (Fsp3) is 0.273. The predicted octanol–water partition coefficient (Wildman–Crippen LogP) is -0.273.